The summed E-state index contributed by atoms with van der Waals surface area (Å²) >= 11 is 1.49. The van der Waals surface area contributed by atoms with E-state index in [1.807, 2.05) is 24.3 Å². The Morgan fingerprint density at radius 3 is 2.66 bits per heavy atom. The SMILES string of the molecule is O=C(NCCCN(Cc1ccco1)C1CCCC1)c1ccc(NC2=N[C@@H]3CS(=O)(=O)C[C@@H]3S2)cc1. The fraction of sp³-hybridized carbons (Fsp3) is 0.520. The number of fused-ring (bicyclic) bond motifs is 1. The number of nitrogens with one attached hydrogen (secondary N) is 2. The van der Waals surface area contributed by atoms with Gasteiger partial charge in [0.05, 0.1) is 30.4 Å². The van der Waals surface area contributed by atoms with Crippen molar-refractivity contribution in [3.05, 3.63) is 54.0 Å². The van der Waals surface area contributed by atoms with E-state index in [1.165, 1.54) is 37.4 Å². The normalized spacial score (nSPS) is 23.4. The molecule has 8 nitrogen and oxygen atoms in total. The molecule has 1 saturated carbocycles. The van der Waals surface area contributed by atoms with Crippen molar-refractivity contribution >= 4 is 38.4 Å². The van der Waals surface area contributed by atoms with Crippen LogP contribution in [0.25, 0.3) is 0 Å². The van der Waals surface area contributed by atoms with E-state index >= 15 is 0 Å². The van der Waals surface area contributed by atoms with Gasteiger partial charge < -0.3 is 15.1 Å². The Labute approximate surface area is 210 Å². The maximum atomic E-state index is 12.6. The predicted molar refractivity (Wildman–Crippen MR) is 140 cm³/mol. The number of hydrogen-bond acceptors (Lipinski definition) is 8. The molecular formula is C25H32N4O4S2. The highest BCUT2D eigenvalue weighted by molar-refractivity contribution is 8.15. The van der Waals surface area contributed by atoms with Crippen molar-refractivity contribution in [1.82, 2.24) is 10.2 Å². The number of rotatable bonds is 9. The molecule has 0 unspecified atom stereocenters. The van der Waals surface area contributed by atoms with Gasteiger partial charge in [0.2, 0.25) is 0 Å². The first-order chi connectivity index (χ1) is 16.9. The lowest BCUT2D eigenvalue weighted by Gasteiger charge is -2.28. The molecule has 1 amide bonds. The Balaban J connectivity index is 1.07. The van der Waals surface area contributed by atoms with Crippen LogP contribution in [-0.4, -0.2) is 66.3 Å². The molecule has 0 spiro atoms. The van der Waals surface area contributed by atoms with Gasteiger partial charge in [0.15, 0.2) is 15.0 Å². The van der Waals surface area contributed by atoms with E-state index in [2.05, 4.69) is 20.5 Å². The zero-order valence-corrected chi connectivity index (χ0v) is 21.3. The van der Waals surface area contributed by atoms with Crippen molar-refractivity contribution in [2.24, 2.45) is 4.99 Å². The van der Waals surface area contributed by atoms with Crippen LogP contribution in [0.15, 0.2) is 52.1 Å². The number of carbonyl (C=O) groups is 1. The molecule has 2 atom stereocenters. The van der Waals surface area contributed by atoms with Crippen molar-refractivity contribution in [1.29, 1.82) is 0 Å². The minimum absolute atomic E-state index is 0.0104. The first kappa shape index (κ1) is 24.4. The van der Waals surface area contributed by atoms with Crippen LogP contribution in [0.5, 0.6) is 0 Å². The summed E-state index contributed by atoms with van der Waals surface area (Å²) in [7, 11) is -2.96. The summed E-state index contributed by atoms with van der Waals surface area (Å²) in [6.07, 6.45) is 7.66. The lowest BCUT2D eigenvalue weighted by atomic mass is 10.1. The number of benzene rings is 1. The molecule has 1 aliphatic carbocycles. The summed E-state index contributed by atoms with van der Waals surface area (Å²) in [5.74, 6) is 1.24. The van der Waals surface area contributed by atoms with Crippen molar-refractivity contribution in [3.8, 4) is 0 Å². The number of amidine groups is 1. The number of nitrogens with zero attached hydrogens (tertiary/aromatic N) is 2. The summed E-state index contributed by atoms with van der Waals surface area (Å²) in [6, 6.07) is 11.7. The number of sulfone groups is 1. The summed E-state index contributed by atoms with van der Waals surface area (Å²) in [5.41, 5.74) is 1.45. The van der Waals surface area contributed by atoms with Crippen molar-refractivity contribution in [2.75, 3.05) is 29.9 Å². The Hall–Kier alpha value is -2.30. The molecule has 5 rings (SSSR count). The van der Waals surface area contributed by atoms with Gasteiger partial charge in [0.25, 0.3) is 5.91 Å². The molecule has 0 bridgehead atoms. The number of hydrogen-bond donors (Lipinski definition) is 2. The second kappa shape index (κ2) is 10.8. The van der Waals surface area contributed by atoms with E-state index in [0.29, 0.717) is 18.2 Å². The molecule has 2 aliphatic heterocycles. The second-order valence-corrected chi connectivity index (χ2v) is 12.9. The van der Waals surface area contributed by atoms with Gasteiger partial charge >= 0.3 is 0 Å². The Morgan fingerprint density at radius 1 is 1.14 bits per heavy atom. The summed E-state index contributed by atoms with van der Waals surface area (Å²) in [5, 5.41) is 7.04. The summed E-state index contributed by atoms with van der Waals surface area (Å²) in [6.45, 7) is 2.37. The lowest BCUT2D eigenvalue weighted by molar-refractivity contribution is 0.0949. The third-order valence-corrected chi connectivity index (χ3v) is 10.0. The third kappa shape index (κ3) is 6.29. The highest BCUT2D eigenvalue weighted by Crippen LogP contribution is 2.34. The van der Waals surface area contributed by atoms with E-state index in [4.69, 9.17) is 4.42 Å². The summed E-state index contributed by atoms with van der Waals surface area (Å²) < 4.78 is 29.0. The Morgan fingerprint density at radius 2 is 1.94 bits per heavy atom. The molecule has 3 aliphatic rings. The average Bonchev–Trinajstić information content (AvgIpc) is 3.61. The average molecular weight is 517 g/mol. The van der Waals surface area contributed by atoms with E-state index in [-0.39, 0.29) is 28.7 Å². The van der Waals surface area contributed by atoms with Crippen LogP contribution < -0.4 is 10.6 Å². The predicted octanol–water partition coefficient (Wildman–Crippen LogP) is 3.52. The minimum Gasteiger partial charge on any atom is -0.468 e. The zero-order valence-electron chi connectivity index (χ0n) is 19.7. The molecular weight excluding hydrogens is 484 g/mol. The van der Waals surface area contributed by atoms with Gasteiger partial charge in [-0.05, 0) is 55.7 Å². The Bertz CT molecular complexity index is 1140. The standard InChI is InChI=1S/C25H32N4O4S2/c30-24(26-12-4-13-29(20-5-1-2-6-20)15-21-7-3-14-33-21)18-8-10-19(11-9-18)27-25-28-22-16-35(31,32)17-23(22)34-25/h3,7-11,14,20,22-23H,1-2,4-6,12-13,15-17H2,(H,26,30)(H,27,28)/t22-,23+/m1/s1. The van der Waals surface area contributed by atoms with Gasteiger partial charge in [-0.15, -0.1) is 0 Å². The van der Waals surface area contributed by atoms with Crippen molar-refractivity contribution in [3.63, 3.8) is 0 Å². The molecule has 1 aromatic heterocycles. The molecule has 2 N–H and O–H groups in total. The summed E-state index contributed by atoms with van der Waals surface area (Å²) in [4.78, 5) is 19.6. The van der Waals surface area contributed by atoms with E-state index < -0.39 is 9.84 Å². The molecule has 188 valence electrons. The van der Waals surface area contributed by atoms with Crippen molar-refractivity contribution < 1.29 is 17.6 Å². The van der Waals surface area contributed by atoms with Crippen LogP contribution in [-0.2, 0) is 16.4 Å². The highest BCUT2D eigenvalue weighted by atomic mass is 32.2. The number of amides is 1. The number of furan rings is 1. The first-order valence-electron chi connectivity index (χ1n) is 12.3. The van der Waals surface area contributed by atoms with E-state index in [1.54, 1.807) is 18.4 Å². The molecule has 35 heavy (non-hydrogen) atoms. The first-order valence-corrected chi connectivity index (χ1v) is 15.0. The maximum absolute atomic E-state index is 12.6. The topological polar surface area (TPSA) is 104 Å². The quantitative estimate of drug-likeness (QED) is 0.492. The molecule has 2 aromatic rings. The van der Waals surface area contributed by atoms with Crippen LogP contribution in [0.2, 0.25) is 0 Å². The minimum atomic E-state index is -2.96. The molecule has 2 fully saturated rings. The number of aliphatic imine (C=N–C) groups is 1. The van der Waals surface area contributed by atoms with E-state index in [0.717, 1.165) is 36.1 Å². The molecule has 1 aromatic carbocycles. The van der Waals surface area contributed by atoms with Gasteiger partial charge in [-0.3, -0.25) is 14.7 Å². The molecule has 0 radical (unpaired) electrons. The second-order valence-electron chi connectivity index (χ2n) is 9.53. The largest absolute Gasteiger partial charge is 0.468 e. The van der Waals surface area contributed by atoms with Crippen LogP contribution in [0.3, 0.4) is 0 Å². The van der Waals surface area contributed by atoms with Crippen LogP contribution in [0.1, 0.15) is 48.2 Å². The Kier molecular flexibility index (Phi) is 7.50. The van der Waals surface area contributed by atoms with Gasteiger partial charge in [-0.25, -0.2) is 8.42 Å². The van der Waals surface area contributed by atoms with E-state index in [9.17, 15) is 13.2 Å². The molecule has 1 saturated heterocycles. The smallest absolute Gasteiger partial charge is 0.251 e. The number of anilines is 1. The van der Waals surface area contributed by atoms with Gasteiger partial charge in [0, 0.05) is 35.6 Å². The maximum Gasteiger partial charge on any atom is 0.251 e. The lowest BCUT2D eigenvalue weighted by Crippen LogP contribution is -2.35. The van der Waals surface area contributed by atoms with Crippen LogP contribution in [0, 0.1) is 0 Å². The molecule has 3 heterocycles. The highest BCUT2D eigenvalue weighted by Gasteiger charge is 2.42. The van der Waals surface area contributed by atoms with Crippen LogP contribution >= 0.6 is 11.8 Å². The van der Waals surface area contributed by atoms with Crippen LogP contribution in [0.4, 0.5) is 5.69 Å². The van der Waals surface area contributed by atoms with Gasteiger partial charge in [-0.1, -0.05) is 24.6 Å². The van der Waals surface area contributed by atoms with Gasteiger partial charge in [-0.2, -0.15) is 0 Å². The zero-order chi connectivity index (χ0) is 24.3. The third-order valence-electron chi connectivity index (χ3n) is 6.90. The van der Waals surface area contributed by atoms with Crippen molar-refractivity contribution in [2.45, 2.75) is 56.0 Å². The monoisotopic (exact) mass is 516 g/mol. The fourth-order valence-electron chi connectivity index (χ4n) is 5.09. The number of carbonyl (C=O) groups excluding carboxylic acids is 1. The fourth-order valence-corrected chi connectivity index (χ4v) is 8.77. The van der Waals surface area contributed by atoms with Gasteiger partial charge in [0.1, 0.15) is 5.76 Å². The molecule has 10 heteroatoms. The number of thioether (sulfide) groups is 1.